The zero-order valence-corrected chi connectivity index (χ0v) is 13.1. The van der Waals surface area contributed by atoms with Gasteiger partial charge in [0.1, 0.15) is 4.99 Å². The maximum atomic E-state index is 5.96. The highest BCUT2D eigenvalue weighted by Gasteiger charge is 2.11. The minimum Gasteiger partial charge on any atom is -0.389 e. The van der Waals surface area contributed by atoms with Gasteiger partial charge in [0.25, 0.3) is 0 Å². The minimum absolute atomic E-state index is 0.160. The normalized spacial score (nSPS) is 12.2. The Morgan fingerprint density at radius 2 is 2.11 bits per heavy atom. The van der Waals surface area contributed by atoms with E-state index in [0.29, 0.717) is 4.99 Å². The summed E-state index contributed by atoms with van der Waals surface area (Å²) in [5.41, 5.74) is 8.75. The number of hydrogen-bond acceptors (Lipinski definition) is 3. The fraction of sp³-hybridized carbons (Fsp3) is 0.214. The van der Waals surface area contributed by atoms with Crippen LogP contribution in [-0.2, 0) is 0 Å². The van der Waals surface area contributed by atoms with E-state index in [0.717, 1.165) is 21.2 Å². The highest BCUT2D eigenvalue weighted by atomic mass is 35.5. The Morgan fingerprint density at radius 1 is 1.37 bits per heavy atom. The van der Waals surface area contributed by atoms with Crippen molar-refractivity contribution in [2.75, 3.05) is 5.32 Å². The van der Waals surface area contributed by atoms with Crippen molar-refractivity contribution in [2.45, 2.75) is 19.9 Å². The zero-order valence-electron chi connectivity index (χ0n) is 10.7. The maximum absolute atomic E-state index is 5.96. The van der Waals surface area contributed by atoms with Crippen LogP contribution < -0.4 is 11.1 Å². The first kappa shape index (κ1) is 14.3. The summed E-state index contributed by atoms with van der Waals surface area (Å²) in [6.07, 6.45) is 0. The molecule has 2 nitrogen and oxygen atoms in total. The number of nitrogens with two attached hydrogens (primary N) is 1. The number of thiophene rings is 1. The molecule has 0 bridgehead atoms. The SMILES string of the molecule is Cc1ccc(NC(C)c2ccc(Cl)s2)c(C(N)=S)c1. The summed E-state index contributed by atoms with van der Waals surface area (Å²) < 4.78 is 0.794. The largest absolute Gasteiger partial charge is 0.389 e. The Balaban J connectivity index is 2.26. The molecular weight excluding hydrogens is 296 g/mol. The Morgan fingerprint density at radius 3 is 2.68 bits per heavy atom. The molecule has 0 aliphatic carbocycles. The van der Waals surface area contributed by atoms with Gasteiger partial charge in [0.15, 0.2) is 0 Å². The van der Waals surface area contributed by atoms with E-state index in [1.54, 1.807) is 11.3 Å². The average Bonchev–Trinajstić information content (AvgIpc) is 2.78. The number of nitrogens with one attached hydrogen (secondary N) is 1. The van der Waals surface area contributed by atoms with Crippen LogP contribution in [0.2, 0.25) is 4.34 Å². The molecule has 0 spiro atoms. The molecule has 1 aromatic carbocycles. The van der Waals surface area contributed by atoms with Crippen molar-refractivity contribution in [2.24, 2.45) is 5.73 Å². The van der Waals surface area contributed by atoms with Gasteiger partial charge in [-0.3, -0.25) is 0 Å². The topological polar surface area (TPSA) is 38.0 Å². The third-order valence-electron chi connectivity index (χ3n) is 2.83. The minimum atomic E-state index is 0.160. The van der Waals surface area contributed by atoms with Crippen LogP contribution >= 0.6 is 35.2 Å². The second kappa shape index (κ2) is 5.90. The lowest BCUT2D eigenvalue weighted by atomic mass is 10.1. The molecule has 0 saturated heterocycles. The van der Waals surface area contributed by atoms with Crippen LogP contribution in [0.5, 0.6) is 0 Å². The van der Waals surface area contributed by atoms with Gasteiger partial charge in [-0.1, -0.05) is 35.4 Å². The summed E-state index contributed by atoms with van der Waals surface area (Å²) in [5, 5.41) is 3.43. The first-order valence-corrected chi connectivity index (χ1v) is 7.50. The summed E-state index contributed by atoms with van der Waals surface area (Å²) in [7, 11) is 0. The van der Waals surface area contributed by atoms with E-state index in [9.17, 15) is 0 Å². The van der Waals surface area contributed by atoms with Crippen LogP contribution in [0.1, 0.15) is 29.0 Å². The second-order valence-corrected chi connectivity index (χ2v) is 6.61. The molecular formula is C14H15ClN2S2. The van der Waals surface area contributed by atoms with Crippen LogP contribution in [0.4, 0.5) is 5.69 Å². The Hall–Kier alpha value is -1.10. The van der Waals surface area contributed by atoms with Gasteiger partial charge in [0.05, 0.1) is 10.4 Å². The van der Waals surface area contributed by atoms with Crippen molar-refractivity contribution in [3.63, 3.8) is 0 Å². The highest BCUT2D eigenvalue weighted by molar-refractivity contribution is 7.80. The predicted molar refractivity (Wildman–Crippen MR) is 88.4 cm³/mol. The standard InChI is InChI=1S/C14H15ClN2S2/c1-8-3-4-11(10(7-8)14(16)18)17-9(2)12-5-6-13(15)19-12/h3-7,9,17H,1-2H3,(H2,16,18). The molecule has 100 valence electrons. The van der Waals surface area contributed by atoms with Gasteiger partial charge in [-0.05, 0) is 38.1 Å². The summed E-state index contributed by atoms with van der Waals surface area (Å²) in [4.78, 5) is 1.59. The first-order chi connectivity index (χ1) is 8.97. The van der Waals surface area contributed by atoms with E-state index in [1.165, 1.54) is 4.88 Å². The fourth-order valence-corrected chi connectivity index (χ4v) is 3.09. The van der Waals surface area contributed by atoms with Crippen LogP contribution in [0.15, 0.2) is 30.3 Å². The molecule has 0 aliphatic heterocycles. The molecule has 5 heteroatoms. The second-order valence-electron chi connectivity index (χ2n) is 4.42. The van der Waals surface area contributed by atoms with Crippen molar-refractivity contribution in [1.29, 1.82) is 0 Å². The van der Waals surface area contributed by atoms with E-state index in [1.807, 2.05) is 37.3 Å². The Kier molecular flexibility index (Phi) is 4.45. The number of thiocarbonyl (C=S) groups is 1. The van der Waals surface area contributed by atoms with Gasteiger partial charge >= 0.3 is 0 Å². The fourth-order valence-electron chi connectivity index (χ4n) is 1.85. The molecule has 1 aromatic heterocycles. The van der Waals surface area contributed by atoms with Crippen molar-refractivity contribution < 1.29 is 0 Å². The number of aryl methyl sites for hydroxylation is 1. The molecule has 19 heavy (non-hydrogen) atoms. The third kappa shape index (κ3) is 3.47. The smallest absolute Gasteiger partial charge is 0.106 e. The van der Waals surface area contributed by atoms with Crippen molar-refractivity contribution in [3.8, 4) is 0 Å². The number of benzene rings is 1. The van der Waals surface area contributed by atoms with E-state index >= 15 is 0 Å². The molecule has 1 atom stereocenters. The number of hydrogen-bond donors (Lipinski definition) is 2. The number of halogens is 1. The molecule has 0 fully saturated rings. The van der Waals surface area contributed by atoms with Gasteiger partial charge in [-0.2, -0.15) is 0 Å². The van der Waals surface area contributed by atoms with Gasteiger partial charge < -0.3 is 11.1 Å². The predicted octanol–water partition coefficient (Wildman–Crippen LogP) is 4.52. The highest BCUT2D eigenvalue weighted by Crippen LogP contribution is 2.30. The molecule has 0 amide bonds. The van der Waals surface area contributed by atoms with E-state index in [2.05, 4.69) is 12.2 Å². The molecule has 3 N–H and O–H groups in total. The number of rotatable bonds is 4. The molecule has 2 rings (SSSR count). The van der Waals surface area contributed by atoms with Crippen molar-refractivity contribution >= 4 is 45.8 Å². The average molecular weight is 311 g/mol. The lowest BCUT2D eigenvalue weighted by Crippen LogP contribution is -2.15. The zero-order chi connectivity index (χ0) is 14.0. The summed E-state index contributed by atoms with van der Waals surface area (Å²) in [6, 6.07) is 10.1. The Bertz CT molecular complexity index is 607. The summed E-state index contributed by atoms with van der Waals surface area (Å²) >= 11 is 12.6. The number of anilines is 1. The van der Waals surface area contributed by atoms with Crippen LogP contribution in [0.25, 0.3) is 0 Å². The van der Waals surface area contributed by atoms with E-state index < -0.39 is 0 Å². The maximum Gasteiger partial charge on any atom is 0.106 e. The van der Waals surface area contributed by atoms with Gasteiger partial charge in [0, 0.05) is 16.1 Å². The molecule has 0 saturated carbocycles. The Labute approximate surface area is 127 Å². The molecule has 1 unspecified atom stereocenters. The van der Waals surface area contributed by atoms with E-state index in [4.69, 9.17) is 29.6 Å². The third-order valence-corrected chi connectivity index (χ3v) is 4.47. The van der Waals surface area contributed by atoms with Crippen molar-refractivity contribution in [3.05, 3.63) is 50.7 Å². The molecule has 2 aromatic rings. The molecule has 1 heterocycles. The van der Waals surface area contributed by atoms with Gasteiger partial charge in [-0.25, -0.2) is 0 Å². The first-order valence-electron chi connectivity index (χ1n) is 5.89. The van der Waals surface area contributed by atoms with Gasteiger partial charge in [-0.15, -0.1) is 11.3 Å². The van der Waals surface area contributed by atoms with Crippen LogP contribution in [0, 0.1) is 6.92 Å². The van der Waals surface area contributed by atoms with E-state index in [-0.39, 0.29) is 6.04 Å². The lowest BCUT2D eigenvalue weighted by Gasteiger charge is -2.17. The monoisotopic (exact) mass is 310 g/mol. The van der Waals surface area contributed by atoms with Crippen LogP contribution in [-0.4, -0.2) is 4.99 Å². The quantitative estimate of drug-likeness (QED) is 0.816. The molecule has 0 aliphatic rings. The van der Waals surface area contributed by atoms with Gasteiger partial charge in [0.2, 0.25) is 0 Å². The summed E-state index contributed by atoms with van der Waals surface area (Å²) in [6.45, 7) is 4.11. The molecule has 0 radical (unpaired) electrons. The lowest BCUT2D eigenvalue weighted by molar-refractivity contribution is 0.907. The summed E-state index contributed by atoms with van der Waals surface area (Å²) in [5.74, 6) is 0. The van der Waals surface area contributed by atoms with Crippen LogP contribution in [0.3, 0.4) is 0 Å². The van der Waals surface area contributed by atoms with Crippen molar-refractivity contribution in [1.82, 2.24) is 0 Å².